The van der Waals surface area contributed by atoms with Gasteiger partial charge in [0.2, 0.25) is 0 Å². The molecule has 3 rings (SSSR count). The van der Waals surface area contributed by atoms with Gasteiger partial charge in [0.1, 0.15) is 5.75 Å². The van der Waals surface area contributed by atoms with Gasteiger partial charge in [-0.2, -0.15) is 17.6 Å². The summed E-state index contributed by atoms with van der Waals surface area (Å²) in [5.74, 6) is 0.485. The van der Waals surface area contributed by atoms with Crippen LogP contribution in [0.3, 0.4) is 0 Å². The molecule has 0 unspecified atom stereocenters. The highest BCUT2D eigenvalue weighted by molar-refractivity contribution is 5.85. The lowest BCUT2D eigenvalue weighted by Gasteiger charge is -2.35. The highest BCUT2D eigenvalue weighted by Crippen LogP contribution is 2.40. The van der Waals surface area contributed by atoms with Gasteiger partial charge in [-0.05, 0) is 30.0 Å². The molecule has 0 bridgehead atoms. The number of nitrogens with zero attached hydrogens (tertiary/aromatic N) is 1. The number of hydrogen-bond donors (Lipinski definition) is 1. The van der Waals surface area contributed by atoms with Crippen LogP contribution in [0.15, 0.2) is 24.3 Å². The van der Waals surface area contributed by atoms with Crippen molar-refractivity contribution in [2.24, 2.45) is 5.92 Å². The standard InChI is InChI=1S/C17H22F4N2O.ClH/c18-16(19)17(20,21)24-14-5-3-13(4-6-14)15(11-12-1-2-12)23-9-7-22-8-10-23;/h3-6,12,15-16,22H,1-2,7-11H2;1H/t15-;/m0./s1. The topological polar surface area (TPSA) is 24.5 Å². The Kier molecular flexibility index (Phi) is 6.93. The van der Waals surface area contributed by atoms with Crippen LogP contribution in [-0.2, 0) is 0 Å². The molecule has 8 heteroatoms. The zero-order valence-corrected chi connectivity index (χ0v) is 14.6. The van der Waals surface area contributed by atoms with E-state index in [0.717, 1.165) is 44.1 Å². The van der Waals surface area contributed by atoms with Gasteiger partial charge in [-0.15, -0.1) is 12.4 Å². The number of ether oxygens (including phenoxy) is 1. The molecule has 2 aliphatic rings. The van der Waals surface area contributed by atoms with Crippen LogP contribution in [0.4, 0.5) is 17.6 Å². The van der Waals surface area contributed by atoms with Gasteiger partial charge in [0.15, 0.2) is 0 Å². The number of nitrogens with one attached hydrogen (secondary N) is 1. The van der Waals surface area contributed by atoms with Crippen LogP contribution in [0.5, 0.6) is 5.75 Å². The predicted octanol–water partition coefficient (Wildman–Crippen LogP) is 4.09. The quantitative estimate of drug-likeness (QED) is 0.719. The van der Waals surface area contributed by atoms with E-state index in [1.807, 2.05) is 0 Å². The summed E-state index contributed by atoms with van der Waals surface area (Å²) in [5.41, 5.74) is 1.02. The molecule has 0 radical (unpaired) electrons. The molecule has 1 heterocycles. The van der Waals surface area contributed by atoms with Crippen molar-refractivity contribution in [1.29, 1.82) is 0 Å². The summed E-state index contributed by atoms with van der Waals surface area (Å²) in [6, 6.07) is 6.38. The van der Waals surface area contributed by atoms with Crippen LogP contribution in [0.2, 0.25) is 0 Å². The SMILES string of the molecule is Cl.FC(F)C(F)(F)Oc1ccc([C@H](CC2CC2)N2CCNCC2)cc1. The molecular formula is C17H23ClF4N2O. The van der Waals surface area contributed by atoms with Crippen molar-refractivity contribution >= 4 is 12.4 Å². The van der Waals surface area contributed by atoms with Crippen molar-refractivity contribution in [3.05, 3.63) is 29.8 Å². The molecule has 1 aliphatic carbocycles. The van der Waals surface area contributed by atoms with Crippen molar-refractivity contribution < 1.29 is 22.3 Å². The summed E-state index contributed by atoms with van der Waals surface area (Å²) < 4.78 is 54.5. The Morgan fingerprint density at radius 2 is 1.72 bits per heavy atom. The zero-order chi connectivity index (χ0) is 17.2. The smallest absolute Gasteiger partial charge is 0.428 e. The Balaban J connectivity index is 0.00000225. The molecule has 1 N–H and O–H groups in total. The molecule has 0 amide bonds. The van der Waals surface area contributed by atoms with Gasteiger partial charge in [-0.3, -0.25) is 4.90 Å². The molecule has 0 aromatic heterocycles. The van der Waals surface area contributed by atoms with Crippen LogP contribution in [0.25, 0.3) is 0 Å². The maximum Gasteiger partial charge on any atom is 0.461 e. The second-order valence-electron chi connectivity index (χ2n) is 6.51. The highest BCUT2D eigenvalue weighted by atomic mass is 35.5. The maximum atomic E-state index is 13.0. The lowest BCUT2D eigenvalue weighted by Crippen LogP contribution is -2.45. The van der Waals surface area contributed by atoms with Crippen LogP contribution in [0, 0.1) is 5.92 Å². The van der Waals surface area contributed by atoms with Crippen LogP contribution >= 0.6 is 12.4 Å². The fourth-order valence-electron chi connectivity index (χ4n) is 3.12. The minimum Gasteiger partial charge on any atom is -0.428 e. The van der Waals surface area contributed by atoms with E-state index in [1.165, 1.54) is 25.0 Å². The third kappa shape index (κ3) is 5.46. The maximum absolute atomic E-state index is 13.0. The van der Waals surface area contributed by atoms with E-state index in [1.54, 1.807) is 12.1 Å². The predicted molar refractivity (Wildman–Crippen MR) is 89.8 cm³/mol. The van der Waals surface area contributed by atoms with E-state index in [0.29, 0.717) is 0 Å². The number of benzene rings is 1. The number of hydrogen-bond acceptors (Lipinski definition) is 3. The first kappa shape index (κ1) is 20.3. The van der Waals surface area contributed by atoms with Gasteiger partial charge in [0.05, 0.1) is 0 Å². The first-order valence-electron chi connectivity index (χ1n) is 8.35. The van der Waals surface area contributed by atoms with Crippen LogP contribution in [-0.4, -0.2) is 43.6 Å². The molecule has 1 saturated carbocycles. The monoisotopic (exact) mass is 382 g/mol. The molecule has 1 aromatic rings. The summed E-state index contributed by atoms with van der Waals surface area (Å²) in [5, 5.41) is 3.32. The largest absolute Gasteiger partial charge is 0.461 e. The van der Waals surface area contributed by atoms with Gasteiger partial charge in [-0.1, -0.05) is 25.0 Å². The Hall–Kier alpha value is -1.05. The normalized spacial score (nSPS) is 20.2. The average Bonchev–Trinajstić information content (AvgIpc) is 3.38. The number of halogens is 5. The third-order valence-electron chi connectivity index (χ3n) is 4.62. The van der Waals surface area contributed by atoms with Gasteiger partial charge >= 0.3 is 12.5 Å². The van der Waals surface area contributed by atoms with E-state index >= 15 is 0 Å². The van der Waals surface area contributed by atoms with Crippen molar-refractivity contribution in [3.8, 4) is 5.75 Å². The third-order valence-corrected chi connectivity index (χ3v) is 4.62. The molecule has 1 atom stereocenters. The molecule has 142 valence electrons. The summed E-state index contributed by atoms with van der Waals surface area (Å²) >= 11 is 0. The van der Waals surface area contributed by atoms with Gasteiger partial charge in [0.25, 0.3) is 0 Å². The van der Waals surface area contributed by atoms with E-state index in [4.69, 9.17) is 0 Å². The van der Waals surface area contributed by atoms with Crippen molar-refractivity contribution in [1.82, 2.24) is 10.2 Å². The van der Waals surface area contributed by atoms with Gasteiger partial charge in [-0.25, -0.2) is 0 Å². The molecular weight excluding hydrogens is 360 g/mol. The number of alkyl halides is 4. The Labute approximate surface area is 151 Å². The molecule has 1 aromatic carbocycles. The minimum atomic E-state index is -4.46. The zero-order valence-electron chi connectivity index (χ0n) is 13.8. The first-order chi connectivity index (χ1) is 11.5. The second kappa shape index (κ2) is 8.56. The molecule has 2 fully saturated rings. The number of piperazine rings is 1. The first-order valence-corrected chi connectivity index (χ1v) is 8.35. The lowest BCUT2D eigenvalue weighted by atomic mass is 9.98. The molecule has 1 aliphatic heterocycles. The number of rotatable bonds is 7. The van der Waals surface area contributed by atoms with Crippen LogP contribution in [0.1, 0.15) is 30.9 Å². The Bertz CT molecular complexity index is 534. The van der Waals surface area contributed by atoms with E-state index in [9.17, 15) is 17.6 Å². The van der Waals surface area contributed by atoms with E-state index in [-0.39, 0.29) is 24.2 Å². The fraction of sp³-hybridized carbons (Fsp3) is 0.647. The molecule has 0 spiro atoms. The molecule has 1 saturated heterocycles. The van der Waals surface area contributed by atoms with Crippen molar-refractivity contribution in [2.45, 2.75) is 37.8 Å². The van der Waals surface area contributed by atoms with Gasteiger partial charge < -0.3 is 10.1 Å². The molecule has 3 nitrogen and oxygen atoms in total. The van der Waals surface area contributed by atoms with Crippen molar-refractivity contribution in [2.75, 3.05) is 26.2 Å². The fourth-order valence-corrected chi connectivity index (χ4v) is 3.12. The summed E-state index contributed by atoms with van der Waals surface area (Å²) in [6.45, 7) is 3.75. The van der Waals surface area contributed by atoms with E-state index in [2.05, 4.69) is 15.0 Å². The lowest BCUT2D eigenvalue weighted by molar-refractivity contribution is -0.253. The second-order valence-corrected chi connectivity index (χ2v) is 6.51. The summed E-state index contributed by atoms with van der Waals surface area (Å²) in [4.78, 5) is 2.40. The highest BCUT2D eigenvalue weighted by Gasteiger charge is 2.44. The average molecular weight is 383 g/mol. The molecule has 25 heavy (non-hydrogen) atoms. The minimum absolute atomic E-state index is 0. The van der Waals surface area contributed by atoms with E-state index < -0.39 is 12.5 Å². The Morgan fingerprint density at radius 3 is 2.24 bits per heavy atom. The summed E-state index contributed by atoms with van der Waals surface area (Å²) in [7, 11) is 0. The summed E-state index contributed by atoms with van der Waals surface area (Å²) in [6.07, 6.45) is -4.78. The van der Waals surface area contributed by atoms with Crippen LogP contribution < -0.4 is 10.1 Å². The Morgan fingerprint density at radius 1 is 1.12 bits per heavy atom. The van der Waals surface area contributed by atoms with Gasteiger partial charge in [0, 0.05) is 32.2 Å². The van der Waals surface area contributed by atoms with Crippen molar-refractivity contribution in [3.63, 3.8) is 0 Å².